The van der Waals surface area contributed by atoms with Gasteiger partial charge in [-0.15, -0.1) is 0 Å². The highest BCUT2D eigenvalue weighted by molar-refractivity contribution is 7.89. The molecule has 0 amide bonds. The standard InChI is InChI=1S/C10H16N4O4S/c1-14(7-2-4-11-5-3-7)19(17,18)8-6-12-10(16)13-9(8)15/h6-7,11H,2-5H2,1H3,(H2,12,13,15,16). The van der Waals surface area contributed by atoms with Crippen LogP contribution in [-0.4, -0.2) is 48.9 Å². The Morgan fingerprint density at radius 1 is 1.26 bits per heavy atom. The van der Waals surface area contributed by atoms with E-state index >= 15 is 0 Å². The summed E-state index contributed by atoms with van der Waals surface area (Å²) >= 11 is 0. The van der Waals surface area contributed by atoms with Gasteiger partial charge in [0.2, 0.25) is 10.0 Å². The Kier molecular flexibility index (Phi) is 3.88. The number of nitrogens with one attached hydrogen (secondary N) is 3. The fourth-order valence-electron chi connectivity index (χ4n) is 2.11. The Hall–Kier alpha value is -1.45. The average molecular weight is 288 g/mol. The van der Waals surface area contributed by atoms with Crippen molar-refractivity contribution in [1.29, 1.82) is 0 Å². The molecule has 3 N–H and O–H groups in total. The van der Waals surface area contributed by atoms with E-state index in [4.69, 9.17) is 0 Å². The van der Waals surface area contributed by atoms with Crippen LogP contribution < -0.4 is 16.6 Å². The van der Waals surface area contributed by atoms with E-state index in [1.807, 2.05) is 4.98 Å². The first-order valence-electron chi connectivity index (χ1n) is 5.93. The Bertz CT molecular complexity index is 657. The second-order valence-corrected chi connectivity index (χ2v) is 6.40. The highest BCUT2D eigenvalue weighted by Gasteiger charge is 2.31. The molecule has 0 aromatic carbocycles. The molecule has 0 bridgehead atoms. The van der Waals surface area contributed by atoms with Gasteiger partial charge in [-0.3, -0.25) is 9.78 Å². The van der Waals surface area contributed by atoms with Crippen LogP contribution >= 0.6 is 0 Å². The van der Waals surface area contributed by atoms with Gasteiger partial charge in [0.1, 0.15) is 0 Å². The van der Waals surface area contributed by atoms with Crippen LogP contribution in [-0.2, 0) is 10.0 Å². The molecule has 1 fully saturated rings. The Balaban J connectivity index is 2.35. The highest BCUT2D eigenvalue weighted by Crippen LogP contribution is 2.17. The van der Waals surface area contributed by atoms with Crippen LogP contribution in [0.25, 0.3) is 0 Å². The van der Waals surface area contributed by atoms with Gasteiger partial charge in [0.05, 0.1) is 0 Å². The number of rotatable bonds is 3. The van der Waals surface area contributed by atoms with Crippen LogP contribution in [0.15, 0.2) is 20.7 Å². The third-order valence-electron chi connectivity index (χ3n) is 3.27. The minimum absolute atomic E-state index is 0.141. The van der Waals surface area contributed by atoms with Gasteiger partial charge in [0.15, 0.2) is 4.90 Å². The number of piperidine rings is 1. The van der Waals surface area contributed by atoms with Crippen LogP contribution in [0.2, 0.25) is 0 Å². The van der Waals surface area contributed by atoms with Gasteiger partial charge in [0.25, 0.3) is 5.56 Å². The van der Waals surface area contributed by atoms with E-state index in [1.165, 1.54) is 11.4 Å². The van der Waals surface area contributed by atoms with Gasteiger partial charge in [-0.25, -0.2) is 13.2 Å². The second-order valence-electron chi connectivity index (χ2n) is 4.44. The van der Waals surface area contributed by atoms with Crippen molar-refractivity contribution < 1.29 is 8.42 Å². The Morgan fingerprint density at radius 2 is 1.89 bits per heavy atom. The lowest BCUT2D eigenvalue weighted by molar-refractivity contribution is 0.296. The summed E-state index contributed by atoms with van der Waals surface area (Å²) in [6.45, 7) is 1.49. The Morgan fingerprint density at radius 3 is 2.47 bits per heavy atom. The number of H-pyrrole nitrogens is 2. The van der Waals surface area contributed by atoms with Crippen molar-refractivity contribution in [2.24, 2.45) is 0 Å². The molecule has 0 unspecified atom stereocenters. The third-order valence-corrected chi connectivity index (χ3v) is 5.18. The number of hydrogen-bond acceptors (Lipinski definition) is 5. The molecule has 0 saturated carbocycles. The molecule has 2 rings (SSSR count). The van der Waals surface area contributed by atoms with E-state index in [0.717, 1.165) is 19.3 Å². The van der Waals surface area contributed by atoms with E-state index < -0.39 is 26.2 Å². The molecule has 8 nitrogen and oxygen atoms in total. The van der Waals surface area contributed by atoms with E-state index in [-0.39, 0.29) is 6.04 Å². The third kappa shape index (κ3) is 2.77. The molecule has 2 heterocycles. The van der Waals surface area contributed by atoms with Gasteiger partial charge in [-0.05, 0) is 25.9 Å². The quantitative estimate of drug-likeness (QED) is 0.622. The van der Waals surface area contributed by atoms with E-state index in [9.17, 15) is 18.0 Å². The SMILES string of the molecule is CN(C1CCNCC1)S(=O)(=O)c1c[nH]c(=O)[nH]c1=O. The maximum absolute atomic E-state index is 12.3. The van der Waals surface area contributed by atoms with Gasteiger partial charge in [-0.1, -0.05) is 0 Å². The fraction of sp³-hybridized carbons (Fsp3) is 0.600. The first-order valence-corrected chi connectivity index (χ1v) is 7.37. The van der Waals surface area contributed by atoms with Gasteiger partial charge < -0.3 is 10.3 Å². The highest BCUT2D eigenvalue weighted by atomic mass is 32.2. The number of aromatic amines is 2. The summed E-state index contributed by atoms with van der Waals surface area (Å²) in [7, 11) is -2.44. The molecule has 1 aliphatic heterocycles. The topological polar surface area (TPSA) is 115 Å². The monoisotopic (exact) mass is 288 g/mol. The Labute approximate surface area is 109 Å². The largest absolute Gasteiger partial charge is 0.325 e. The zero-order valence-corrected chi connectivity index (χ0v) is 11.3. The van der Waals surface area contributed by atoms with Crippen molar-refractivity contribution in [3.8, 4) is 0 Å². The van der Waals surface area contributed by atoms with Crippen molar-refractivity contribution in [2.75, 3.05) is 20.1 Å². The van der Waals surface area contributed by atoms with Crippen molar-refractivity contribution in [3.05, 3.63) is 27.0 Å². The fourth-order valence-corrected chi connectivity index (χ4v) is 3.52. The summed E-state index contributed by atoms with van der Waals surface area (Å²) < 4.78 is 25.9. The summed E-state index contributed by atoms with van der Waals surface area (Å²) in [4.78, 5) is 26.1. The average Bonchev–Trinajstić information content (AvgIpc) is 2.38. The van der Waals surface area contributed by atoms with Crippen LogP contribution in [0.3, 0.4) is 0 Å². The van der Waals surface area contributed by atoms with Crippen molar-refractivity contribution in [2.45, 2.75) is 23.8 Å². The van der Waals surface area contributed by atoms with Crippen LogP contribution in [0, 0.1) is 0 Å². The number of sulfonamides is 1. The van der Waals surface area contributed by atoms with Crippen molar-refractivity contribution in [3.63, 3.8) is 0 Å². The lowest BCUT2D eigenvalue weighted by Gasteiger charge is -2.30. The van der Waals surface area contributed by atoms with Crippen molar-refractivity contribution in [1.82, 2.24) is 19.6 Å². The molecule has 0 aliphatic carbocycles. The summed E-state index contributed by atoms with van der Waals surface area (Å²) in [6, 6.07) is -0.141. The zero-order valence-electron chi connectivity index (χ0n) is 10.5. The number of aromatic nitrogens is 2. The first kappa shape index (κ1) is 14.0. The summed E-state index contributed by atoms with van der Waals surface area (Å²) in [5, 5.41) is 3.14. The lowest BCUT2D eigenvalue weighted by atomic mass is 10.1. The number of hydrogen-bond donors (Lipinski definition) is 3. The molecular formula is C10H16N4O4S. The second kappa shape index (κ2) is 5.27. The maximum atomic E-state index is 12.3. The smallest absolute Gasteiger partial charge is 0.317 e. The van der Waals surface area contributed by atoms with Gasteiger partial charge in [0, 0.05) is 19.3 Å². The zero-order chi connectivity index (χ0) is 14.0. The normalized spacial score (nSPS) is 17.8. The molecule has 1 aliphatic rings. The minimum Gasteiger partial charge on any atom is -0.317 e. The molecule has 0 atom stereocenters. The molecule has 0 radical (unpaired) electrons. The van der Waals surface area contributed by atoms with Crippen LogP contribution in [0.1, 0.15) is 12.8 Å². The first-order chi connectivity index (χ1) is 8.93. The van der Waals surface area contributed by atoms with Gasteiger partial charge >= 0.3 is 5.69 Å². The molecule has 1 aromatic rings. The molecular weight excluding hydrogens is 272 g/mol. The summed E-state index contributed by atoms with van der Waals surface area (Å²) in [6.07, 6.45) is 2.32. The van der Waals surface area contributed by atoms with Crippen LogP contribution in [0.4, 0.5) is 0 Å². The predicted molar refractivity (Wildman–Crippen MR) is 68.5 cm³/mol. The van der Waals surface area contributed by atoms with Crippen LogP contribution in [0.5, 0.6) is 0 Å². The molecule has 1 aromatic heterocycles. The minimum atomic E-state index is -3.89. The van der Waals surface area contributed by atoms with Gasteiger partial charge in [-0.2, -0.15) is 4.31 Å². The maximum Gasteiger partial charge on any atom is 0.325 e. The molecule has 106 valence electrons. The van der Waals surface area contributed by atoms with E-state index in [2.05, 4.69) is 10.3 Å². The van der Waals surface area contributed by atoms with E-state index in [0.29, 0.717) is 12.8 Å². The predicted octanol–water partition coefficient (Wildman–Crippen LogP) is -1.56. The summed E-state index contributed by atoms with van der Waals surface area (Å²) in [5.74, 6) is 0. The summed E-state index contributed by atoms with van der Waals surface area (Å²) in [5.41, 5.74) is -1.63. The van der Waals surface area contributed by atoms with Crippen molar-refractivity contribution >= 4 is 10.0 Å². The molecule has 0 spiro atoms. The molecule has 9 heteroatoms. The molecule has 19 heavy (non-hydrogen) atoms. The lowest BCUT2D eigenvalue weighted by Crippen LogP contribution is -2.45. The van der Waals surface area contributed by atoms with E-state index in [1.54, 1.807) is 0 Å². The number of nitrogens with zero attached hydrogens (tertiary/aromatic N) is 1. The molecule has 1 saturated heterocycles.